The van der Waals surface area contributed by atoms with Crippen molar-refractivity contribution < 1.29 is 0 Å². The third kappa shape index (κ3) is 6.62. The van der Waals surface area contributed by atoms with Crippen LogP contribution in [0.15, 0.2) is 249 Å². The Morgan fingerprint density at radius 3 is 1.30 bits per heavy atom. The van der Waals surface area contributed by atoms with Crippen molar-refractivity contribution in [3.8, 4) is 44.5 Å². The molecule has 0 saturated heterocycles. The van der Waals surface area contributed by atoms with Crippen LogP contribution >= 0.6 is 0 Å². The van der Waals surface area contributed by atoms with Gasteiger partial charge in [-0.15, -0.1) is 0 Å². The summed E-state index contributed by atoms with van der Waals surface area (Å²) in [4.78, 5) is 2.66. The van der Waals surface area contributed by atoms with Gasteiger partial charge < -0.3 is 4.90 Å². The van der Waals surface area contributed by atoms with Crippen molar-refractivity contribution in [2.24, 2.45) is 0 Å². The van der Waals surface area contributed by atoms with E-state index in [0.29, 0.717) is 0 Å². The number of nitrogens with zero attached hydrogens (tertiary/aromatic N) is 1. The summed E-state index contributed by atoms with van der Waals surface area (Å²) in [6.45, 7) is 7.02. The molecule has 1 nitrogen and oxygen atoms in total. The van der Waals surface area contributed by atoms with E-state index in [1.807, 2.05) is 0 Å². The van der Waals surface area contributed by atoms with Gasteiger partial charge in [0.2, 0.25) is 6.71 Å². The highest BCUT2D eigenvalue weighted by molar-refractivity contribution is 6.99. The molecule has 0 bridgehead atoms. The van der Waals surface area contributed by atoms with Crippen molar-refractivity contribution >= 4 is 40.2 Å². The maximum absolute atomic E-state index is 2.66. The van der Waals surface area contributed by atoms with E-state index in [9.17, 15) is 0 Å². The van der Waals surface area contributed by atoms with E-state index in [-0.39, 0.29) is 12.1 Å². The standard InChI is InChI=1S/C65H50BN/c1-64(2,3)53-43-57-62-61(44-53)67(63-54(47-27-14-6-15-28-47)35-22-36-55(63)48-29-16-7-17-30-48)60-40-38-50(46-25-12-5-13-26-46)42-59(60)66(62)58-41-49(45-23-10-4-11-24-45)37-39-56(58)65(57,51-31-18-8-19-32-51)52-33-20-9-21-34-52/h4-44H,1-3H3. The van der Waals surface area contributed by atoms with Gasteiger partial charge in [-0.2, -0.15) is 0 Å². The molecule has 0 atom stereocenters. The lowest BCUT2D eigenvalue weighted by molar-refractivity contribution is 0.587. The van der Waals surface area contributed by atoms with Gasteiger partial charge in [-0.25, -0.2) is 0 Å². The average Bonchev–Trinajstić information content (AvgIpc) is 3.39. The van der Waals surface area contributed by atoms with Crippen LogP contribution in [-0.4, -0.2) is 6.71 Å². The number of anilines is 3. The fourth-order valence-electron chi connectivity index (χ4n) is 11.3. The number of fused-ring (bicyclic) bond motifs is 4. The second kappa shape index (κ2) is 16.2. The number of benzene rings is 10. The normalized spacial score (nSPS) is 13.4. The number of rotatable bonds is 7. The van der Waals surface area contributed by atoms with Crippen molar-refractivity contribution in [3.63, 3.8) is 0 Å². The predicted octanol–water partition coefficient (Wildman–Crippen LogP) is 14.6. The van der Waals surface area contributed by atoms with E-state index < -0.39 is 5.41 Å². The quantitative estimate of drug-likeness (QED) is 0.144. The van der Waals surface area contributed by atoms with Crippen LogP contribution in [0.2, 0.25) is 0 Å². The fourth-order valence-corrected chi connectivity index (χ4v) is 11.3. The van der Waals surface area contributed by atoms with Crippen molar-refractivity contribution in [2.45, 2.75) is 31.6 Å². The van der Waals surface area contributed by atoms with E-state index in [4.69, 9.17) is 0 Å². The molecule has 67 heavy (non-hydrogen) atoms. The van der Waals surface area contributed by atoms with Crippen LogP contribution in [0.4, 0.5) is 17.1 Å². The van der Waals surface area contributed by atoms with Crippen molar-refractivity contribution in [1.29, 1.82) is 0 Å². The smallest absolute Gasteiger partial charge is 0.247 e. The van der Waals surface area contributed by atoms with Crippen LogP contribution in [0.3, 0.4) is 0 Å². The molecule has 0 spiro atoms. The Morgan fingerprint density at radius 2 is 0.806 bits per heavy atom. The monoisotopic (exact) mass is 855 g/mol. The van der Waals surface area contributed by atoms with Gasteiger partial charge in [-0.1, -0.05) is 263 Å². The highest BCUT2D eigenvalue weighted by Crippen LogP contribution is 2.53. The molecule has 2 aliphatic rings. The molecule has 10 aromatic carbocycles. The van der Waals surface area contributed by atoms with Crippen LogP contribution in [0.5, 0.6) is 0 Å². The molecule has 2 heteroatoms. The van der Waals surface area contributed by atoms with E-state index in [2.05, 4.69) is 274 Å². The lowest BCUT2D eigenvalue weighted by atomic mass is 9.29. The topological polar surface area (TPSA) is 3.24 Å². The van der Waals surface area contributed by atoms with E-state index in [1.54, 1.807) is 0 Å². The number of hydrogen-bond donors (Lipinski definition) is 0. The first kappa shape index (κ1) is 40.6. The van der Waals surface area contributed by atoms with Crippen LogP contribution < -0.4 is 21.3 Å². The Hall–Kier alpha value is -7.94. The molecule has 12 rings (SSSR count). The van der Waals surface area contributed by atoms with Crippen molar-refractivity contribution in [3.05, 3.63) is 277 Å². The summed E-state index contributed by atoms with van der Waals surface area (Å²) in [5.74, 6) is 0. The SMILES string of the molecule is CC(C)(C)c1cc2c3c(c1)C(c1ccccc1)(c1ccccc1)c1ccc(-c4ccccc4)cc1B3c1cc(-c3ccccc3)ccc1N2c1c(-c2ccccc2)cccc1-c1ccccc1. The molecule has 0 saturated carbocycles. The maximum Gasteiger partial charge on any atom is 0.247 e. The van der Waals surface area contributed by atoms with Gasteiger partial charge in [0.25, 0.3) is 0 Å². The first-order valence-electron chi connectivity index (χ1n) is 23.6. The molecule has 0 aromatic heterocycles. The fraction of sp³-hybridized carbons (Fsp3) is 0.0769. The lowest BCUT2D eigenvalue weighted by Crippen LogP contribution is -2.65. The number of hydrogen-bond acceptors (Lipinski definition) is 1. The summed E-state index contributed by atoms with van der Waals surface area (Å²) in [7, 11) is 0. The zero-order valence-electron chi connectivity index (χ0n) is 38.2. The van der Waals surface area contributed by atoms with E-state index in [1.165, 1.54) is 106 Å². The molecule has 0 N–H and O–H groups in total. The Morgan fingerprint density at radius 1 is 0.358 bits per heavy atom. The molecule has 0 unspecified atom stereocenters. The van der Waals surface area contributed by atoms with Crippen molar-refractivity contribution in [2.75, 3.05) is 4.90 Å². The summed E-state index contributed by atoms with van der Waals surface area (Å²) in [6.07, 6.45) is 0. The molecular formula is C65H50BN. The maximum atomic E-state index is 2.66. The molecule has 318 valence electrons. The van der Waals surface area contributed by atoms with Gasteiger partial charge >= 0.3 is 0 Å². The molecule has 0 radical (unpaired) electrons. The van der Waals surface area contributed by atoms with Gasteiger partial charge in [-0.05, 0) is 89.7 Å². The third-order valence-corrected chi connectivity index (χ3v) is 14.4. The molecule has 0 aliphatic carbocycles. The minimum atomic E-state index is -0.656. The Balaban J connectivity index is 1.30. The predicted molar refractivity (Wildman–Crippen MR) is 285 cm³/mol. The Kier molecular flexibility index (Phi) is 9.80. The van der Waals surface area contributed by atoms with Gasteiger partial charge in [0.05, 0.1) is 11.1 Å². The molecule has 10 aromatic rings. The third-order valence-electron chi connectivity index (χ3n) is 14.4. The van der Waals surface area contributed by atoms with E-state index >= 15 is 0 Å². The minimum Gasteiger partial charge on any atom is -0.310 e. The van der Waals surface area contributed by atoms with Crippen LogP contribution in [-0.2, 0) is 10.8 Å². The largest absolute Gasteiger partial charge is 0.310 e. The van der Waals surface area contributed by atoms with Gasteiger partial charge in [0.1, 0.15) is 0 Å². The zero-order chi connectivity index (χ0) is 45.1. The lowest BCUT2D eigenvalue weighted by Gasteiger charge is -2.49. The Labute approximate surface area is 395 Å². The summed E-state index contributed by atoms with van der Waals surface area (Å²) in [5, 5.41) is 0. The first-order chi connectivity index (χ1) is 32.9. The second-order valence-electron chi connectivity index (χ2n) is 19.2. The van der Waals surface area contributed by atoms with Gasteiger partial charge in [0.15, 0.2) is 0 Å². The van der Waals surface area contributed by atoms with Crippen LogP contribution in [0.25, 0.3) is 44.5 Å². The molecule has 0 amide bonds. The van der Waals surface area contributed by atoms with Crippen molar-refractivity contribution in [1.82, 2.24) is 0 Å². The van der Waals surface area contributed by atoms with Crippen LogP contribution in [0.1, 0.15) is 48.6 Å². The first-order valence-corrected chi connectivity index (χ1v) is 23.6. The zero-order valence-corrected chi connectivity index (χ0v) is 38.2. The molecule has 2 heterocycles. The van der Waals surface area contributed by atoms with E-state index in [0.717, 1.165) is 0 Å². The van der Waals surface area contributed by atoms with Crippen LogP contribution in [0, 0.1) is 0 Å². The summed E-state index contributed by atoms with van der Waals surface area (Å²) in [6, 6.07) is 93.0. The summed E-state index contributed by atoms with van der Waals surface area (Å²) in [5.41, 5.74) is 22.8. The second-order valence-corrected chi connectivity index (χ2v) is 19.2. The van der Waals surface area contributed by atoms with Gasteiger partial charge in [0, 0.05) is 22.5 Å². The average molecular weight is 856 g/mol. The molecule has 2 aliphatic heterocycles. The molecule has 0 fully saturated rings. The minimum absolute atomic E-state index is 0.0859. The Bertz CT molecular complexity index is 3320. The summed E-state index contributed by atoms with van der Waals surface area (Å²) >= 11 is 0. The van der Waals surface area contributed by atoms with Gasteiger partial charge in [-0.3, -0.25) is 0 Å². The highest BCUT2D eigenvalue weighted by Gasteiger charge is 2.52. The number of para-hydroxylation sites is 1. The highest BCUT2D eigenvalue weighted by atomic mass is 15.2. The molecular weight excluding hydrogens is 806 g/mol. The summed E-state index contributed by atoms with van der Waals surface area (Å²) < 4.78 is 0.